The van der Waals surface area contributed by atoms with Gasteiger partial charge in [0.15, 0.2) is 5.82 Å². The zero-order valence-electron chi connectivity index (χ0n) is 9.49. The number of benzene rings is 2. The van der Waals surface area contributed by atoms with Crippen molar-refractivity contribution in [3.8, 4) is 17.1 Å². The first-order valence-electron chi connectivity index (χ1n) is 5.58. The molecule has 88 valence electrons. The third kappa shape index (κ3) is 2.07. The Balaban J connectivity index is 2.17. The molecule has 1 aromatic heterocycles. The predicted molar refractivity (Wildman–Crippen MR) is 74.5 cm³/mol. The summed E-state index contributed by atoms with van der Waals surface area (Å²) in [4.78, 5) is 4.43. The lowest BCUT2D eigenvalue weighted by Crippen LogP contribution is -1.98. The molecule has 0 unspecified atom stereocenters. The summed E-state index contributed by atoms with van der Waals surface area (Å²) < 4.78 is 2.42. The van der Waals surface area contributed by atoms with E-state index in [0.717, 1.165) is 17.1 Å². The number of hydrogen-bond acceptors (Lipinski definition) is 2. The van der Waals surface area contributed by atoms with E-state index in [9.17, 15) is 0 Å². The Morgan fingerprint density at radius 1 is 0.833 bits per heavy atom. The molecule has 0 saturated heterocycles. The Kier molecular flexibility index (Phi) is 2.94. The van der Waals surface area contributed by atoms with E-state index >= 15 is 0 Å². The molecule has 0 saturated carbocycles. The van der Waals surface area contributed by atoms with Gasteiger partial charge in [0.1, 0.15) is 0 Å². The highest BCUT2D eigenvalue weighted by molar-refractivity contribution is 9.10. The molecule has 0 bridgehead atoms. The molecular weight excluding hydrogens is 290 g/mol. The Labute approximate surface area is 113 Å². The zero-order valence-corrected chi connectivity index (χ0v) is 11.1. The van der Waals surface area contributed by atoms with Crippen molar-refractivity contribution in [1.29, 1.82) is 0 Å². The maximum atomic E-state index is 4.43. The van der Waals surface area contributed by atoms with Crippen LogP contribution in [0.15, 0.2) is 65.4 Å². The van der Waals surface area contributed by atoms with E-state index in [-0.39, 0.29) is 0 Å². The van der Waals surface area contributed by atoms with E-state index in [4.69, 9.17) is 0 Å². The normalized spacial score (nSPS) is 10.5. The van der Waals surface area contributed by atoms with Crippen molar-refractivity contribution >= 4 is 15.9 Å². The van der Waals surface area contributed by atoms with Crippen LogP contribution in [-0.2, 0) is 0 Å². The molecule has 2 aromatic carbocycles. The highest BCUT2D eigenvalue weighted by Crippen LogP contribution is 2.22. The van der Waals surface area contributed by atoms with Crippen molar-refractivity contribution in [2.75, 3.05) is 0 Å². The fourth-order valence-corrected chi connectivity index (χ4v) is 2.14. The van der Waals surface area contributed by atoms with Crippen LogP contribution in [0.4, 0.5) is 0 Å². The highest BCUT2D eigenvalue weighted by Gasteiger charge is 2.11. The average Bonchev–Trinajstić information content (AvgIpc) is 2.83. The Hall–Kier alpha value is -1.94. The Bertz CT molecular complexity index is 590. The first-order valence-corrected chi connectivity index (χ1v) is 6.37. The molecule has 0 atom stereocenters. The maximum Gasteiger partial charge on any atom is 0.218 e. The van der Waals surface area contributed by atoms with E-state index in [1.165, 1.54) is 0 Å². The summed E-state index contributed by atoms with van der Waals surface area (Å²) in [5.41, 5.74) is 2.04. The molecular formula is C14H10BrN3. The van der Waals surface area contributed by atoms with Crippen molar-refractivity contribution in [3.05, 3.63) is 65.4 Å². The summed E-state index contributed by atoms with van der Waals surface area (Å²) >= 11 is 3.33. The standard InChI is InChI=1S/C14H10BrN3/c15-14-16-13(11-7-3-1-4-8-11)18(17-14)12-9-5-2-6-10-12/h1-10H. The first kappa shape index (κ1) is 11.2. The van der Waals surface area contributed by atoms with Crippen LogP contribution in [-0.4, -0.2) is 14.8 Å². The van der Waals surface area contributed by atoms with Crippen LogP contribution < -0.4 is 0 Å². The predicted octanol–water partition coefficient (Wildman–Crippen LogP) is 3.70. The topological polar surface area (TPSA) is 30.7 Å². The van der Waals surface area contributed by atoms with Gasteiger partial charge in [0.2, 0.25) is 4.73 Å². The van der Waals surface area contributed by atoms with Crippen molar-refractivity contribution in [2.24, 2.45) is 0 Å². The molecule has 0 fully saturated rings. The van der Waals surface area contributed by atoms with Crippen LogP contribution >= 0.6 is 15.9 Å². The van der Waals surface area contributed by atoms with Gasteiger partial charge in [0.25, 0.3) is 0 Å². The number of para-hydroxylation sites is 1. The minimum Gasteiger partial charge on any atom is -0.212 e. The number of rotatable bonds is 2. The SMILES string of the molecule is Brc1nc(-c2ccccc2)n(-c2ccccc2)n1. The van der Waals surface area contributed by atoms with Gasteiger partial charge in [-0.1, -0.05) is 48.5 Å². The van der Waals surface area contributed by atoms with E-state index in [0.29, 0.717) is 4.73 Å². The molecule has 0 aliphatic carbocycles. The minimum atomic E-state index is 0.588. The second kappa shape index (κ2) is 4.74. The van der Waals surface area contributed by atoms with Gasteiger partial charge in [-0.25, -0.2) is 9.67 Å². The van der Waals surface area contributed by atoms with Gasteiger partial charge in [-0.05, 0) is 28.1 Å². The summed E-state index contributed by atoms with van der Waals surface area (Å²) in [5, 5.41) is 4.38. The van der Waals surface area contributed by atoms with Crippen LogP contribution in [0.2, 0.25) is 0 Å². The van der Waals surface area contributed by atoms with E-state index in [1.807, 2.05) is 65.3 Å². The summed E-state index contributed by atoms with van der Waals surface area (Å²) in [7, 11) is 0. The maximum absolute atomic E-state index is 4.43. The van der Waals surface area contributed by atoms with Gasteiger partial charge >= 0.3 is 0 Å². The number of nitrogens with zero attached hydrogens (tertiary/aromatic N) is 3. The summed E-state index contributed by atoms with van der Waals surface area (Å²) in [6.07, 6.45) is 0. The number of aromatic nitrogens is 3. The molecule has 0 radical (unpaired) electrons. The van der Waals surface area contributed by atoms with Gasteiger partial charge in [-0.3, -0.25) is 0 Å². The lowest BCUT2D eigenvalue weighted by molar-refractivity contribution is 0.877. The highest BCUT2D eigenvalue weighted by atomic mass is 79.9. The van der Waals surface area contributed by atoms with Crippen LogP contribution in [0.3, 0.4) is 0 Å². The second-order valence-electron chi connectivity index (χ2n) is 3.82. The smallest absolute Gasteiger partial charge is 0.212 e. The summed E-state index contributed by atoms with van der Waals surface area (Å²) in [6.45, 7) is 0. The van der Waals surface area contributed by atoms with Gasteiger partial charge < -0.3 is 0 Å². The lowest BCUT2D eigenvalue weighted by atomic mass is 10.2. The monoisotopic (exact) mass is 299 g/mol. The van der Waals surface area contributed by atoms with E-state index < -0.39 is 0 Å². The van der Waals surface area contributed by atoms with Crippen LogP contribution in [0.25, 0.3) is 17.1 Å². The van der Waals surface area contributed by atoms with Gasteiger partial charge in [0, 0.05) is 5.56 Å². The first-order chi connectivity index (χ1) is 8.84. The van der Waals surface area contributed by atoms with E-state index in [2.05, 4.69) is 26.0 Å². The second-order valence-corrected chi connectivity index (χ2v) is 4.53. The Morgan fingerprint density at radius 2 is 1.44 bits per heavy atom. The van der Waals surface area contributed by atoms with Crippen molar-refractivity contribution < 1.29 is 0 Å². The third-order valence-corrected chi connectivity index (χ3v) is 2.95. The molecule has 3 aromatic rings. The lowest BCUT2D eigenvalue weighted by Gasteiger charge is -2.05. The largest absolute Gasteiger partial charge is 0.218 e. The van der Waals surface area contributed by atoms with Crippen molar-refractivity contribution in [2.45, 2.75) is 0 Å². The summed E-state index contributed by atoms with van der Waals surface area (Å²) in [6, 6.07) is 20.0. The van der Waals surface area contributed by atoms with Crippen LogP contribution in [0, 0.1) is 0 Å². The fourth-order valence-electron chi connectivity index (χ4n) is 1.81. The average molecular weight is 300 g/mol. The molecule has 3 nitrogen and oxygen atoms in total. The molecule has 3 rings (SSSR count). The zero-order chi connectivity index (χ0) is 12.4. The van der Waals surface area contributed by atoms with Gasteiger partial charge in [-0.15, -0.1) is 5.10 Å². The molecule has 0 spiro atoms. The van der Waals surface area contributed by atoms with Gasteiger partial charge in [0.05, 0.1) is 5.69 Å². The molecule has 1 heterocycles. The van der Waals surface area contributed by atoms with Gasteiger partial charge in [-0.2, -0.15) is 0 Å². The third-order valence-electron chi connectivity index (χ3n) is 2.61. The van der Waals surface area contributed by atoms with Crippen LogP contribution in [0.5, 0.6) is 0 Å². The quantitative estimate of drug-likeness (QED) is 0.722. The van der Waals surface area contributed by atoms with Crippen molar-refractivity contribution in [1.82, 2.24) is 14.8 Å². The molecule has 18 heavy (non-hydrogen) atoms. The molecule has 0 N–H and O–H groups in total. The minimum absolute atomic E-state index is 0.588. The number of halogens is 1. The molecule has 4 heteroatoms. The molecule has 0 aliphatic rings. The number of hydrogen-bond donors (Lipinski definition) is 0. The Morgan fingerprint density at radius 3 is 2.11 bits per heavy atom. The molecule has 0 aliphatic heterocycles. The summed E-state index contributed by atoms with van der Waals surface area (Å²) in [5.74, 6) is 0.827. The van der Waals surface area contributed by atoms with Crippen LogP contribution in [0.1, 0.15) is 0 Å². The molecule has 0 amide bonds. The van der Waals surface area contributed by atoms with Crippen molar-refractivity contribution in [3.63, 3.8) is 0 Å². The van der Waals surface area contributed by atoms with E-state index in [1.54, 1.807) is 0 Å². The fraction of sp³-hybridized carbons (Fsp3) is 0.